The minimum Gasteiger partial charge on any atom is -0.389 e. The molecule has 0 bridgehead atoms. The maximum absolute atomic E-state index is 13.1. The van der Waals surface area contributed by atoms with Crippen molar-refractivity contribution in [1.29, 1.82) is 0 Å². The Morgan fingerprint density at radius 1 is 1.21 bits per heavy atom. The van der Waals surface area contributed by atoms with Gasteiger partial charge in [0.05, 0.1) is 12.0 Å². The first-order valence-corrected chi connectivity index (χ1v) is 3.81. The van der Waals surface area contributed by atoms with Crippen molar-refractivity contribution in [3.05, 3.63) is 34.9 Å². The van der Waals surface area contributed by atoms with Gasteiger partial charge in [-0.2, -0.15) is 0 Å². The Balaban J connectivity index is 2.64. The Hall–Kier alpha value is -1.78. The highest BCUT2D eigenvalue weighted by molar-refractivity contribution is 6.02. The molecule has 2 rings (SSSR count). The maximum atomic E-state index is 13.1. The Bertz CT molecular complexity index is 440. The zero-order chi connectivity index (χ0) is 10.3. The molecule has 0 N–H and O–H groups in total. The minimum atomic E-state index is -1.06. The summed E-state index contributed by atoms with van der Waals surface area (Å²) in [5.41, 5.74) is -0.324. The smallest absolute Gasteiger partial charge is 0.349 e. The van der Waals surface area contributed by atoms with E-state index in [0.29, 0.717) is 6.07 Å². The number of carbonyl (C=O) groups is 2. The summed E-state index contributed by atoms with van der Waals surface area (Å²) in [5.74, 6) is -3.68. The van der Waals surface area contributed by atoms with E-state index in [1.165, 1.54) is 0 Å². The maximum Gasteiger partial charge on any atom is 0.349 e. The molecule has 0 spiro atoms. The van der Waals surface area contributed by atoms with Crippen LogP contribution in [0.15, 0.2) is 12.1 Å². The molecule has 72 valence electrons. The number of fused-ring (bicyclic) bond motifs is 1. The molecule has 0 unspecified atom stereocenters. The number of hydrogen-bond donors (Lipinski definition) is 0. The van der Waals surface area contributed by atoms with E-state index < -0.39 is 23.6 Å². The van der Waals surface area contributed by atoms with Gasteiger partial charge < -0.3 is 4.74 Å². The van der Waals surface area contributed by atoms with Gasteiger partial charge >= 0.3 is 11.9 Å². The fraction of sp³-hybridized carbons (Fsp3) is 0.111. The molecule has 0 amide bonds. The van der Waals surface area contributed by atoms with Gasteiger partial charge in [0.15, 0.2) is 0 Å². The number of benzene rings is 1. The van der Waals surface area contributed by atoms with Crippen LogP contribution in [0.2, 0.25) is 0 Å². The van der Waals surface area contributed by atoms with Crippen molar-refractivity contribution in [2.45, 2.75) is 6.42 Å². The highest BCUT2D eigenvalue weighted by atomic mass is 19.1. The number of cyclic esters (lactones) is 2. The minimum absolute atomic E-state index is 0.0313. The summed E-state index contributed by atoms with van der Waals surface area (Å²) in [4.78, 5) is 21.8. The van der Waals surface area contributed by atoms with Crippen LogP contribution in [0.1, 0.15) is 15.9 Å². The molecule has 1 aromatic rings. The molecular formula is C9H4F2O3. The van der Waals surface area contributed by atoms with Gasteiger partial charge in [-0.15, -0.1) is 0 Å². The van der Waals surface area contributed by atoms with Gasteiger partial charge in [0.1, 0.15) is 11.6 Å². The number of hydrogen-bond acceptors (Lipinski definition) is 3. The van der Waals surface area contributed by atoms with E-state index in [9.17, 15) is 18.4 Å². The average Bonchev–Trinajstić information content (AvgIpc) is 1.99. The van der Waals surface area contributed by atoms with Crippen LogP contribution in [0.4, 0.5) is 8.78 Å². The van der Waals surface area contributed by atoms with E-state index in [1.807, 2.05) is 0 Å². The van der Waals surface area contributed by atoms with Gasteiger partial charge in [0, 0.05) is 6.07 Å². The summed E-state index contributed by atoms with van der Waals surface area (Å²) >= 11 is 0. The SMILES string of the molecule is O=C1Cc2cc(F)cc(F)c2C(=O)O1. The Morgan fingerprint density at radius 3 is 2.64 bits per heavy atom. The van der Waals surface area contributed by atoms with Gasteiger partial charge in [-0.1, -0.05) is 0 Å². The molecule has 0 aromatic heterocycles. The summed E-state index contributed by atoms with van der Waals surface area (Å²) < 4.78 is 30.0. The standard InChI is InChI=1S/C9H4F2O3/c10-5-1-4-2-7(12)14-9(13)8(4)6(11)3-5/h1,3H,2H2. The fourth-order valence-electron chi connectivity index (χ4n) is 1.34. The van der Waals surface area contributed by atoms with E-state index in [0.717, 1.165) is 6.07 Å². The lowest BCUT2D eigenvalue weighted by atomic mass is 10.0. The molecule has 0 fully saturated rings. The summed E-state index contributed by atoms with van der Waals surface area (Å²) in [6, 6.07) is 1.53. The number of halogens is 2. The summed E-state index contributed by atoms with van der Waals surface area (Å²) in [7, 11) is 0. The second-order valence-corrected chi connectivity index (χ2v) is 2.86. The van der Waals surface area contributed by atoms with Gasteiger partial charge in [-0.25, -0.2) is 13.6 Å². The van der Waals surface area contributed by atoms with Crippen molar-refractivity contribution in [2.24, 2.45) is 0 Å². The van der Waals surface area contributed by atoms with Crippen LogP contribution in [-0.4, -0.2) is 11.9 Å². The predicted octanol–water partition coefficient (Wildman–Crippen LogP) is 1.20. The number of rotatable bonds is 0. The summed E-state index contributed by atoms with van der Waals surface area (Å²) in [5, 5.41) is 0. The van der Waals surface area contributed by atoms with Crippen LogP contribution in [0, 0.1) is 11.6 Å². The van der Waals surface area contributed by atoms with E-state index in [-0.39, 0.29) is 17.5 Å². The summed E-state index contributed by atoms with van der Waals surface area (Å²) in [6.45, 7) is 0. The number of carbonyl (C=O) groups excluding carboxylic acids is 2. The molecular weight excluding hydrogens is 194 g/mol. The number of esters is 2. The molecule has 1 aliphatic rings. The average molecular weight is 198 g/mol. The molecule has 1 heterocycles. The molecule has 5 heteroatoms. The lowest BCUT2D eigenvalue weighted by molar-refractivity contribution is -0.137. The largest absolute Gasteiger partial charge is 0.389 e. The van der Waals surface area contributed by atoms with E-state index in [1.54, 1.807) is 0 Å². The molecule has 1 aliphatic heterocycles. The fourth-order valence-corrected chi connectivity index (χ4v) is 1.34. The normalized spacial score (nSPS) is 15.0. The van der Waals surface area contributed by atoms with Crippen molar-refractivity contribution in [2.75, 3.05) is 0 Å². The van der Waals surface area contributed by atoms with Crippen molar-refractivity contribution in [3.63, 3.8) is 0 Å². The van der Waals surface area contributed by atoms with E-state index in [4.69, 9.17) is 0 Å². The van der Waals surface area contributed by atoms with Crippen LogP contribution in [-0.2, 0) is 16.0 Å². The second kappa shape index (κ2) is 2.87. The lowest BCUT2D eigenvalue weighted by Crippen LogP contribution is -2.24. The molecule has 0 atom stereocenters. The predicted molar refractivity (Wildman–Crippen MR) is 40.5 cm³/mol. The molecule has 14 heavy (non-hydrogen) atoms. The molecule has 3 nitrogen and oxygen atoms in total. The van der Waals surface area contributed by atoms with Crippen molar-refractivity contribution in [3.8, 4) is 0 Å². The zero-order valence-electron chi connectivity index (χ0n) is 6.84. The third-order valence-electron chi connectivity index (χ3n) is 1.88. The molecule has 0 saturated heterocycles. The van der Waals surface area contributed by atoms with Crippen LogP contribution in [0.5, 0.6) is 0 Å². The van der Waals surface area contributed by atoms with E-state index in [2.05, 4.69) is 4.74 Å². The first-order valence-electron chi connectivity index (χ1n) is 3.81. The zero-order valence-corrected chi connectivity index (χ0v) is 6.84. The Morgan fingerprint density at radius 2 is 1.93 bits per heavy atom. The van der Waals surface area contributed by atoms with Crippen LogP contribution in [0.3, 0.4) is 0 Å². The third-order valence-corrected chi connectivity index (χ3v) is 1.88. The van der Waals surface area contributed by atoms with Gasteiger partial charge in [0.2, 0.25) is 0 Å². The van der Waals surface area contributed by atoms with Gasteiger partial charge in [0.25, 0.3) is 0 Å². The Kier molecular flexibility index (Phi) is 1.80. The quantitative estimate of drug-likeness (QED) is 0.464. The van der Waals surface area contributed by atoms with Gasteiger partial charge in [-0.3, -0.25) is 4.79 Å². The molecule has 0 radical (unpaired) electrons. The van der Waals surface area contributed by atoms with Gasteiger partial charge in [-0.05, 0) is 11.6 Å². The third kappa shape index (κ3) is 1.26. The van der Waals surface area contributed by atoms with Crippen molar-refractivity contribution in [1.82, 2.24) is 0 Å². The van der Waals surface area contributed by atoms with Crippen molar-refractivity contribution >= 4 is 11.9 Å². The lowest BCUT2D eigenvalue weighted by Gasteiger charge is -2.14. The van der Waals surface area contributed by atoms with Crippen LogP contribution >= 0.6 is 0 Å². The first kappa shape index (κ1) is 8.80. The highest BCUT2D eigenvalue weighted by Crippen LogP contribution is 2.21. The van der Waals surface area contributed by atoms with Crippen LogP contribution < -0.4 is 0 Å². The second-order valence-electron chi connectivity index (χ2n) is 2.86. The molecule has 0 saturated carbocycles. The molecule has 0 aliphatic carbocycles. The van der Waals surface area contributed by atoms with Crippen LogP contribution in [0.25, 0.3) is 0 Å². The summed E-state index contributed by atoms with van der Waals surface area (Å²) in [6.07, 6.45) is -0.282. The first-order chi connectivity index (χ1) is 6.58. The van der Waals surface area contributed by atoms with Crippen molar-refractivity contribution < 1.29 is 23.1 Å². The Labute approximate surface area is 77.3 Å². The molecule has 1 aromatic carbocycles. The monoisotopic (exact) mass is 198 g/mol. The number of ether oxygens (including phenoxy) is 1. The van der Waals surface area contributed by atoms with E-state index >= 15 is 0 Å². The highest BCUT2D eigenvalue weighted by Gasteiger charge is 2.28. The topological polar surface area (TPSA) is 43.4 Å².